The monoisotopic (exact) mass is 373 g/mol. The van der Waals surface area contributed by atoms with Crippen LogP contribution in [-0.4, -0.2) is 31.3 Å². The molecule has 2 aromatic heterocycles. The highest BCUT2D eigenvalue weighted by Gasteiger charge is 2.33. The van der Waals surface area contributed by atoms with Crippen LogP contribution < -0.4 is 16.1 Å². The standard InChI is InChI=1S/C20H31N5O2/c1-13(2)10-25-18(26)16-17(22(4)20(25)27)21-19-23(11-14(3)12-24(16)19)15-8-6-5-7-9-15/h13-15H,5-12H2,1-4H3. The Bertz CT molecular complexity index is 961. The van der Waals surface area contributed by atoms with Gasteiger partial charge in [0, 0.05) is 32.7 Å². The van der Waals surface area contributed by atoms with Gasteiger partial charge in [0.05, 0.1) is 0 Å². The Morgan fingerprint density at radius 1 is 1.11 bits per heavy atom. The SMILES string of the molecule is CC(C)Cn1c(=O)c2c(nc3n2CC(C)CN3C2CCCCC2)n(C)c1=O. The van der Waals surface area contributed by atoms with Gasteiger partial charge < -0.3 is 9.47 Å². The first-order valence-corrected chi connectivity index (χ1v) is 10.3. The molecule has 0 N–H and O–H groups in total. The molecule has 0 saturated heterocycles. The number of rotatable bonds is 3. The largest absolute Gasteiger partial charge is 0.339 e. The molecule has 0 amide bonds. The van der Waals surface area contributed by atoms with Crippen LogP contribution in [0.5, 0.6) is 0 Å². The molecular formula is C20H31N5O2. The first-order chi connectivity index (χ1) is 12.9. The van der Waals surface area contributed by atoms with Crippen molar-refractivity contribution in [3.05, 3.63) is 20.8 Å². The number of aryl methyl sites for hydroxylation is 1. The second kappa shape index (κ2) is 6.84. The van der Waals surface area contributed by atoms with E-state index >= 15 is 0 Å². The molecule has 7 heteroatoms. The van der Waals surface area contributed by atoms with E-state index in [1.165, 1.54) is 36.7 Å². The smallest absolute Gasteiger partial charge is 0.332 e. The first-order valence-electron chi connectivity index (χ1n) is 10.3. The third-order valence-corrected chi connectivity index (χ3v) is 6.04. The van der Waals surface area contributed by atoms with E-state index in [2.05, 4.69) is 16.4 Å². The average Bonchev–Trinajstić information content (AvgIpc) is 3.03. The topological polar surface area (TPSA) is 65.1 Å². The summed E-state index contributed by atoms with van der Waals surface area (Å²) in [5, 5.41) is 0. The molecule has 1 aliphatic heterocycles. The zero-order chi connectivity index (χ0) is 19.3. The Morgan fingerprint density at radius 2 is 1.81 bits per heavy atom. The van der Waals surface area contributed by atoms with Crippen LogP contribution in [0, 0.1) is 11.8 Å². The Hall–Kier alpha value is -2.05. The molecule has 1 unspecified atom stereocenters. The first kappa shape index (κ1) is 18.3. The highest BCUT2D eigenvalue weighted by Crippen LogP contribution is 2.32. The summed E-state index contributed by atoms with van der Waals surface area (Å²) in [6, 6.07) is 0.493. The minimum Gasteiger partial charge on any atom is -0.339 e. The fourth-order valence-corrected chi connectivity index (χ4v) is 4.77. The zero-order valence-corrected chi connectivity index (χ0v) is 16.9. The summed E-state index contributed by atoms with van der Waals surface area (Å²) in [5.74, 6) is 1.56. The normalized spacial score (nSPS) is 21.2. The van der Waals surface area contributed by atoms with Crippen LogP contribution in [0.1, 0.15) is 52.9 Å². The Kier molecular flexibility index (Phi) is 4.64. The summed E-state index contributed by atoms with van der Waals surface area (Å²) in [5.41, 5.74) is 0.641. The lowest BCUT2D eigenvalue weighted by Crippen LogP contribution is -2.45. The van der Waals surface area contributed by atoms with E-state index in [1.807, 2.05) is 13.8 Å². The quantitative estimate of drug-likeness (QED) is 0.828. The van der Waals surface area contributed by atoms with Gasteiger partial charge in [-0.2, -0.15) is 4.98 Å². The molecule has 1 aliphatic carbocycles. The Morgan fingerprint density at radius 3 is 2.48 bits per heavy atom. The van der Waals surface area contributed by atoms with Gasteiger partial charge in [0.1, 0.15) is 0 Å². The molecule has 3 heterocycles. The second-order valence-electron chi connectivity index (χ2n) is 8.90. The van der Waals surface area contributed by atoms with Crippen molar-refractivity contribution in [1.29, 1.82) is 0 Å². The summed E-state index contributed by atoms with van der Waals surface area (Å²) >= 11 is 0. The molecule has 0 bridgehead atoms. The Labute approximate surface area is 159 Å². The molecule has 1 fully saturated rings. The van der Waals surface area contributed by atoms with Crippen molar-refractivity contribution >= 4 is 17.1 Å². The van der Waals surface area contributed by atoms with E-state index in [9.17, 15) is 9.59 Å². The van der Waals surface area contributed by atoms with E-state index in [4.69, 9.17) is 4.98 Å². The minimum absolute atomic E-state index is 0.196. The zero-order valence-electron chi connectivity index (χ0n) is 16.9. The lowest BCUT2D eigenvalue weighted by Gasteiger charge is -2.40. The van der Waals surface area contributed by atoms with Crippen molar-refractivity contribution in [2.45, 2.75) is 72.0 Å². The molecule has 7 nitrogen and oxygen atoms in total. The lowest BCUT2D eigenvalue weighted by atomic mass is 9.93. The van der Waals surface area contributed by atoms with Crippen LogP contribution in [0.25, 0.3) is 11.2 Å². The summed E-state index contributed by atoms with van der Waals surface area (Å²) in [4.78, 5) is 33.2. The van der Waals surface area contributed by atoms with Gasteiger partial charge in [-0.05, 0) is 24.7 Å². The molecule has 148 valence electrons. The van der Waals surface area contributed by atoms with E-state index < -0.39 is 0 Å². The Balaban J connectivity index is 1.92. The summed E-state index contributed by atoms with van der Waals surface area (Å²) in [7, 11) is 1.73. The van der Waals surface area contributed by atoms with E-state index in [0.717, 1.165) is 19.0 Å². The highest BCUT2D eigenvalue weighted by molar-refractivity contribution is 5.75. The minimum atomic E-state index is -0.270. The van der Waals surface area contributed by atoms with Crippen LogP contribution in [0.15, 0.2) is 9.59 Å². The molecule has 2 aromatic rings. The predicted octanol–water partition coefficient (Wildman–Crippen LogP) is 2.34. The maximum absolute atomic E-state index is 13.2. The second-order valence-corrected chi connectivity index (χ2v) is 8.90. The molecular weight excluding hydrogens is 342 g/mol. The van der Waals surface area contributed by atoms with Gasteiger partial charge >= 0.3 is 5.69 Å². The summed E-state index contributed by atoms with van der Waals surface area (Å²) in [6.07, 6.45) is 6.20. The van der Waals surface area contributed by atoms with Crippen LogP contribution in [0.2, 0.25) is 0 Å². The number of anilines is 1. The van der Waals surface area contributed by atoms with Crippen molar-refractivity contribution in [1.82, 2.24) is 18.7 Å². The molecule has 0 aromatic carbocycles. The van der Waals surface area contributed by atoms with Crippen molar-refractivity contribution in [2.75, 3.05) is 11.4 Å². The van der Waals surface area contributed by atoms with Gasteiger partial charge in [-0.25, -0.2) is 4.79 Å². The van der Waals surface area contributed by atoms with Gasteiger partial charge in [0.25, 0.3) is 5.56 Å². The number of aromatic nitrogens is 4. The number of hydrogen-bond acceptors (Lipinski definition) is 4. The molecule has 0 spiro atoms. The van der Waals surface area contributed by atoms with Crippen LogP contribution in [-0.2, 0) is 20.1 Å². The molecule has 2 aliphatic rings. The van der Waals surface area contributed by atoms with Gasteiger partial charge in [0.15, 0.2) is 11.2 Å². The van der Waals surface area contributed by atoms with Crippen molar-refractivity contribution in [2.24, 2.45) is 18.9 Å². The lowest BCUT2D eigenvalue weighted by molar-refractivity contribution is 0.354. The van der Waals surface area contributed by atoms with Gasteiger partial charge in [-0.3, -0.25) is 13.9 Å². The molecule has 4 rings (SSSR count). The molecule has 1 atom stereocenters. The molecule has 27 heavy (non-hydrogen) atoms. The van der Waals surface area contributed by atoms with Gasteiger partial charge in [-0.1, -0.05) is 40.0 Å². The van der Waals surface area contributed by atoms with E-state index in [0.29, 0.717) is 29.7 Å². The van der Waals surface area contributed by atoms with Crippen molar-refractivity contribution < 1.29 is 0 Å². The number of hydrogen-bond donors (Lipinski definition) is 0. The molecule has 1 saturated carbocycles. The maximum Gasteiger partial charge on any atom is 0.332 e. The van der Waals surface area contributed by atoms with E-state index in [1.54, 1.807) is 11.6 Å². The number of nitrogens with zero attached hydrogens (tertiary/aromatic N) is 5. The van der Waals surface area contributed by atoms with Crippen LogP contribution in [0.3, 0.4) is 0 Å². The van der Waals surface area contributed by atoms with Gasteiger partial charge in [-0.15, -0.1) is 0 Å². The third-order valence-electron chi connectivity index (χ3n) is 6.04. The fourth-order valence-electron chi connectivity index (χ4n) is 4.77. The fraction of sp³-hybridized carbons (Fsp3) is 0.750. The predicted molar refractivity (Wildman–Crippen MR) is 107 cm³/mol. The van der Waals surface area contributed by atoms with Gasteiger partial charge in [0.2, 0.25) is 5.95 Å². The summed E-state index contributed by atoms with van der Waals surface area (Å²) < 4.78 is 5.01. The highest BCUT2D eigenvalue weighted by atomic mass is 16.2. The summed E-state index contributed by atoms with van der Waals surface area (Å²) in [6.45, 7) is 8.47. The van der Waals surface area contributed by atoms with E-state index in [-0.39, 0.29) is 17.2 Å². The molecule has 0 radical (unpaired) electrons. The average molecular weight is 374 g/mol. The van der Waals surface area contributed by atoms with Crippen LogP contribution >= 0.6 is 0 Å². The maximum atomic E-state index is 13.2. The number of fused-ring (bicyclic) bond motifs is 3. The van der Waals surface area contributed by atoms with Crippen molar-refractivity contribution in [3.63, 3.8) is 0 Å². The van der Waals surface area contributed by atoms with Crippen LogP contribution in [0.4, 0.5) is 5.95 Å². The van der Waals surface area contributed by atoms with Crippen molar-refractivity contribution in [3.8, 4) is 0 Å². The third kappa shape index (κ3) is 3.01. The number of imidazole rings is 1.